The molecule has 5 heavy (non-hydrogen) atoms. The summed E-state index contributed by atoms with van der Waals surface area (Å²) in [4.78, 5) is 0. The van der Waals surface area contributed by atoms with Crippen LogP contribution in [0.1, 0.15) is 0 Å². The van der Waals surface area contributed by atoms with Crippen LogP contribution in [0.4, 0.5) is 7.77 Å². The van der Waals surface area contributed by atoms with Crippen molar-refractivity contribution in [2.45, 2.75) is 0 Å². The standard InChI is InChI=1S/F2HNS2/c1-4-3-5-2/h3H. The molecule has 0 aromatic rings. The smallest absolute Gasteiger partial charge is 0.144 e. The second-order valence-corrected chi connectivity index (χ2v) is 1.21. The van der Waals surface area contributed by atoms with Crippen LogP contribution in [0.15, 0.2) is 0 Å². The average molecular weight is 117 g/mol. The summed E-state index contributed by atoms with van der Waals surface area (Å²) >= 11 is -0.521. The van der Waals surface area contributed by atoms with E-state index >= 15 is 0 Å². The average Bonchev–Trinajstić information content (AvgIpc) is 1.41. The molecule has 0 unspecified atom stereocenters. The van der Waals surface area contributed by atoms with Crippen molar-refractivity contribution in [3.63, 3.8) is 0 Å². The normalized spacial score (nSPS) is 8.40. The third-order valence-electron chi connectivity index (χ3n) is 0.0630. The number of halogens is 2. The van der Waals surface area contributed by atoms with Gasteiger partial charge in [-0.15, -0.1) is 7.77 Å². The maximum atomic E-state index is 10.5. The minimum Gasteiger partial charge on any atom is -0.150 e. The van der Waals surface area contributed by atoms with E-state index in [4.69, 9.17) is 0 Å². The van der Waals surface area contributed by atoms with Crippen molar-refractivity contribution < 1.29 is 7.77 Å². The summed E-state index contributed by atoms with van der Waals surface area (Å²) in [5.41, 5.74) is 0. The van der Waals surface area contributed by atoms with Gasteiger partial charge < -0.3 is 0 Å². The van der Waals surface area contributed by atoms with Crippen molar-refractivity contribution in [2.75, 3.05) is 0 Å². The fourth-order valence-electron chi connectivity index (χ4n) is 0.0119. The van der Waals surface area contributed by atoms with E-state index in [-0.39, 0.29) is 24.7 Å². The molecule has 0 rings (SSSR count). The first-order valence-corrected chi connectivity index (χ1v) is 2.15. The maximum absolute atomic E-state index is 10.5. The fraction of sp³-hybridized carbons (Fsp3) is 0. The van der Waals surface area contributed by atoms with Crippen LogP contribution in [0.3, 0.4) is 0 Å². The van der Waals surface area contributed by atoms with Gasteiger partial charge in [0, 0.05) is 0 Å². The van der Waals surface area contributed by atoms with E-state index in [1.54, 1.807) is 4.13 Å². The van der Waals surface area contributed by atoms with Crippen molar-refractivity contribution in [3.05, 3.63) is 0 Å². The van der Waals surface area contributed by atoms with Gasteiger partial charge in [0.1, 0.15) is 24.7 Å². The molecule has 0 fully saturated rings. The minimum atomic E-state index is -0.260. The molecule has 0 aliphatic carbocycles. The van der Waals surface area contributed by atoms with Crippen LogP contribution < -0.4 is 4.13 Å². The summed E-state index contributed by atoms with van der Waals surface area (Å²) in [6, 6.07) is 0. The van der Waals surface area contributed by atoms with Crippen LogP contribution in [0.2, 0.25) is 0 Å². The number of hydrogen-bond acceptors (Lipinski definition) is 3. The Labute approximate surface area is 37.4 Å². The molecule has 0 amide bonds. The van der Waals surface area contributed by atoms with E-state index < -0.39 is 0 Å². The maximum Gasteiger partial charge on any atom is 0.144 e. The zero-order chi connectivity index (χ0) is 4.12. The molecule has 0 saturated heterocycles. The summed E-state index contributed by atoms with van der Waals surface area (Å²) in [6.45, 7) is 0. The third kappa shape index (κ3) is 4.52. The second-order valence-electron chi connectivity index (χ2n) is 0.238. The largest absolute Gasteiger partial charge is 0.150 e. The van der Waals surface area contributed by atoms with Gasteiger partial charge in [-0.25, -0.2) is 0 Å². The molecule has 1 N–H and O–H groups in total. The molecule has 1 nitrogen and oxygen atoms in total. The third-order valence-corrected chi connectivity index (χ3v) is 0.567. The molecular weight excluding hydrogens is 116 g/mol. The predicted molar refractivity (Wildman–Crippen MR) is 20.5 cm³/mol. The first-order valence-electron chi connectivity index (χ1n) is 0.717. The lowest BCUT2D eigenvalue weighted by Gasteiger charge is -1.74. The topological polar surface area (TPSA) is 12.0 Å². The van der Waals surface area contributed by atoms with Crippen molar-refractivity contribution in [1.82, 2.24) is 4.13 Å². The number of rotatable bonds is 2. The van der Waals surface area contributed by atoms with Gasteiger partial charge in [0.05, 0.1) is 0 Å². The number of nitrogens with one attached hydrogen (secondary N) is 1. The molecule has 0 aromatic heterocycles. The van der Waals surface area contributed by atoms with Crippen LogP contribution in [0, 0.1) is 0 Å². The van der Waals surface area contributed by atoms with E-state index in [9.17, 15) is 7.77 Å². The van der Waals surface area contributed by atoms with E-state index in [1.807, 2.05) is 0 Å². The van der Waals surface area contributed by atoms with Crippen molar-refractivity contribution in [1.29, 1.82) is 0 Å². The first-order chi connectivity index (χ1) is 2.41. The first kappa shape index (κ1) is 5.52. The number of hydrogen-bond donors (Lipinski definition) is 1. The second kappa shape index (κ2) is 4.52. The molecule has 0 atom stereocenters. The summed E-state index contributed by atoms with van der Waals surface area (Å²) in [5.74, 6) is 0. The lowest BCUT2D eigenvalue weighted by atomic mass is 13.9. The molecule has 0 spiro atoms. The van der Waals surface area contributed by atoms with Gasteiger partial charge in [-0.3, -0.25) is 0 Å². The fourth-order valence-corrected chi connectivity index (χ4v) is 0.107. The monoisotopic (exact) mass is 117 g/mol. The van der Waals surface area contributed by atoms with E-state index in [2.05, 4.69) is 0 Å². The van der Waals surface area contributed by atoms with Gasteiger partial charge >= 0.3 is 0 Å². The quantitative estimate of drug-likeness (QED) is 0.552. The van der Waals surface area contributed by atoms with E-state index in [1.165, 1.54) is 0 Å². The molecular formula is HF2NS2. The Morgan fingerprint density at radius 1 is 1.20 bits per heavy atom. The van der Waals surface area contributed by atoms with Crippen molar-refractivity contribution >= 4 is 24.7 Å². The molecule has 0 aliphatic rings. The van der Waals surface area contributed by atoms with Gasteiger partial charge in [0.25, 0.3) is 0 Å². The summed E-state index contributed by atoms with van der Waals surface area (Å²) in [5, 5.41) is 0. The minimum absolute atomic E-state index is 0.260. The molecule has 0 aliphatic heterocycles. The predicted octanol–water partition coefficient (Wildman–Crippen LogP) is 1.64. The Kier molecular flexibility index (Phi) is 4.99. The molecule has 32 valence electrons. The van der Waals surface area contributed by atoms with Gasteiger partial charge in [-0.1, -0.05) is 0 Å². The van der Waals surface area contributed by atoms with Crippen molar-refractivity contribution in [2.24, 2.45) is 0 Å². The zero-order valence-corrected chi connectivity index (χ0v) is 3.71. The van der Waals surface area contributed by atoms with Gasteiger partial charge in [-0.2, -0.15) is 4.13 Å². The Morgan fingerprint density at radius 2 is 1.60 bits per heavy atom. The summed E-state index contributed by atoms with van der Waals surface area (Å²) in [7, 11) is 0. The Balaban J connectivity index is 2.19. The molecule has 0 heterocycles. The lowest BCUT2D eigenvalue weighted by Crippen LogP contribution is -1.74. The molecule has 5 heteroatoms. The molecule has 0 saturated carbocycles. The summed E-state index contributed by atoms with van der Waals surface area (Å²) < 4.78 is 22.7. The Bertz CT molecular complexity index is 15.1. The van der Waals surface area contributed by atoms with Crippen LogP contribution in [0.25, 0.3) is 0 Å². The van der Waals surface area contributed by atoms with Crippen molar-refractivity contribution in [3.8, 4) is 0 Å². The highest BCUT2D eigenvalue weighted by atomic mass is 32.3. The Hall–Kier alpha value is 0.520. The summed E-state index contributed by atoms with van der Waals surface area (Å²) in [6.07, 6.45) is 0. The highest BCUT2D eigenvalue weighted by Crippen LogP contribution is 2.01. The molecule has 0 radical (unpaired) electrons. The molecule has 0 aromatic carbocycles. The van der Waals surface area contributed by atoms with E-state index in [0.29, 0.717) is 0 Å². The van der Waals surface area contributed by atoms with Gasteiger partial charge in [0.15, 0.2) is 0 Å². The van der Waals surface area contributed by atoms with Gasteiger partial charge in [0.2, 0.25) is 0 Å². The van der Waals surface area contributed by atoms with Crippen LogP contribution in [-0.2, 0) is 0 Å². The Morgan fingerprint density at radius 3 is 1.60 bits per heavy atom. The lowest BCUT2D eigenvalue weighted by molar-refractivity contribution is 0.913. The zero-order valence-electron chi connectivity index (χ0n) is 2.07. The van der Waals surface area contributed by atoms with Gasteiger partial charge in [-0.05, 0) is 0 Å². The van der Waals surface area contributed by atoms with Crippen LogP contribution in [-0.4, -0.2) is 0 Å². The van der Waals surface area contributed by atoms with Crippen LogP contribution >= 0.6 is 24.7 Å². The molecule has 0 bridgehead atoms. The van der Waals surface area contributed by atoms with Crippen LogP contribution in [0.5, 0.6) is 0 Å². The van der Waals surface area contributed by atoms with E-state index in [0.717, 1.165) is 0 Å². The highest BCUT2D eigenvalue weighted by Gasteiger charge is 1.74. The highest BCUT2D eigenvalue weighted by molar-refractivity contribution is 8.07. The SMILES string of the molecule is FSNSF.